The van der Waals surface area contributed by atoms with Crippen LogP contribution in [0, 0.1) is 12.7 Å². The zero-order chi connectivity index (χ0) is 18.8. The second kappa shape index (κ2) is 7.60. The van der Waals surface area contributed by atoms with Gasteiger partial charge in [-0.05, 0) is 43.5 Å². The largest absolute Gasteiger partial charge is 0.330 e. The molecule has 1 aliphatic heterocycles. The van der Waals surface area contributed by atoms with Crippen LogP contribution in [0.4, 0.5) is 4.39 Å². The minimum absolute atomic E-state index is 0.126. The number of likely N-dealkylation sites (tertiary alicyclic amines) is 1. The van der Waals surface area contributed by atoms with Gasteiger partial charge in [-0.15, -0.1) is 10.2 Å². The van der Waals surface area contributed by atoms with Crippen molar-refractivity contribution < 1.29 is 4.39 Å². The van der Waals surface area contributed by atoms with Gasteiger partial charge in [-0.1, -0.05) is 12.1 Å². The standard InChI is InChI=1S/C20H25FN6/c1-15-16(5-3-7-18(15)21)11-26-9-4-6-17(12-26)20-24-23-19(25(20)2)13-27-10-8-22-14-27/h3,5,7-8,10,14,17H,4,6,9,11-13H2,1-2H3/t17-/m1/s1. The Morgan fingerprint density at radius 3 is 2.93 bits per heavy atom. The molecule has 0 bridgehead atoms. The molecular formula is C20H25FN6. The monoisotopic (exact) mass is 368 g/mol. The van der Waals surface area contributed by atoms with Gasteiger partial charge in [0.25, 0.3) is 0 Å². The summed E-state index contributed by atoms with van der Waals surface area (Å²) in [6.45, 7) is 5.26. The molecule has 4 rings (SSSR count). The Hall–Kier alpha value is -2.54. The van der Waals surface area contributed by atoms with Crippen molar-refractivity contribution in [2.75, 3.05) is 13.1 Å². The Kier molecular flexibility index (Phi) is 5.03. The summed E-state index contributed by atoms with van der Waals surface area (Å²) in [6, 6.07) is 5.34. The van der Waals surface area contributed by atoms with Crippen molar-refractivity contribution in [2.24, 2.45) is 7.05 Å². The number of halogens is 1. The SMILES string of the molecule is Cc1c(F)cccc1CN1CCC[C@@H](c2nnc(Cn3ccnc3)n2C)C1. The predicted octanol–water partition coefficient (Wildman–Crippen LogP) is 2.89. The summed E-state index contributed by atoms with van der Waals surface area (Å²) in [7, 11) is 2.04. The highest BCUT2D eigenvalue weighted by Gasteiger charge is 2.26. The highest BCUT2D eigenvalue weighted by atomic mass is 19.1. The molecule has 1 saturated heterocycles. The minimum atomic E-state index is -0.126. The average Bonchev–Trinajstić information content (AvgIpc) is 3.30. The Bertz CT molecular complexity index is 901. The third-order valence-corrected chi connectivity index (χ3v) is 5.53. The van der Waals surface area contributed by atoms with E-state index in [9.17, 15) is 4.39 Å². The maximum absolute atomic E-state index is 13.8. The van der Waals surface area contributed by atoms with E-state index in [2.05, 4.69) is 24.6 Å². The van der Waals surface area contributed by atoms with Crippen LogP contribution in [0.2, 0.25) is 0 Å². The summed E-state index contributed by atoms with van der Waals surface area (Å²) in [5, 5.41) is 8.88. The second-order valence-electron chi connectivity index (χ2n) is 7.37. The predicted molar refractivity (Wildman–Crippen MR) is 101 cm³/mol. The van der Waals surface area contributed by atoms with Gasteiger partial charge in [-0.3, -0.25) is 4.90 Å². The lowest BCUT2D eigenvalue weighted by Gasteiger charge is -2.32. The topological polar surface area (TPSA) is 51.8 Å². The van der Waals surface area contributed by atoms with Crippen molar-refractivity contribution in [2.45, 2.75) is 38.8 Å². The van der Waals surface area contributed by atoms with Crippen LogP contribution in [-0.2, 0) is 20.1 Å². The van der Waals surface area contributed by atoms with Crippen LogP contribution in [0.1, 0.15) is 41.5 Å². The third-order valence-electron chi connectivity index (χ3n) is 5.53. The molecule has 1 aliphatic rings. The van der Waals surface area contributed by atoms with Crippen LogP contribution in [0.15, 0.2) is 36.9 Å². The molecule has 6 nitrogen and oxygen atoms in total. The quantitative estimate of drug-likeness (QED) is 0.695. The average molecular weight is 368 g/mol. The molecule has 1 atom stereocenters. The molecule has 7 heteroatoms. The molecule has 2 aromatic heterocycles. The summed E-state index contributed by atoms with van der Waals surface area (Å²) in [6.07, 6.45) is 7.71. The van der Waals surface area contributed by atoms with Crippen LogP contribution in [-0.4, -0.2) is 42.3 Å². The number of hydrogen-bond donors (Lipinski definition) is 0. The summed E-state index contributed by atoms with van der Waals surface area (Å²) in [5.74, 6) is 2.19. The van der Waals surface area contributed by atoms with Crippen molar-refractivity contribution >= 4 is 0 Å². The first kappa shape index (κ1) is 17.9. The Balaban J connectivity index is 1.47. The molecule has 0 radical (unpaired) electrons. The highest BCUT2D eigenvalue weighted by Crippen LogP contribution is 2.27. The second-order valence-corrected chi connectivity index (χ2v) is 7.37. The molecule has 1 fully saturated rings. The third kappa shape index (κ3) is 3.78. The van der Waals surface area contributed by atoms with Crippen LogP contribution >= 0.6 is 0 Å². The van der Waals surface area contributed by atoms with E-state index >= 15 is 0 Å². The summed E-state index contributed by atoms with van der Waals surface area (Å²) >= 11 is 0. The normalized spacial score (nSPS) is 18.1. The molecular weight excluding hydrogens is 343 g/mol. The van der Waals surface area contributed by atoms with Crippen molar-refractivity contribution in [1.29, 1.82) is 0 Å². The Labute approximate surface area is 158 Å². The van der Waals surface area contributed by atoms with Gasteiger partial charge in [0.1, 0.15) is 11.6 Å². The number of imidazole rings is 1. The van der Waals surface area contributed by atoms with E-state index in [0.29, 0.717) is 12.5 Å². The molecule has 27 heavy (non-hydrogen) atoms. The van der Waals surface area contributed by atoms with Crippen molar-refractivity contribution in [3.63, 3.8) is 0 Å². The molecule has 3 heterocycles. The lowest BCUT2D eigenvalue weighted by atomic mass is 9.96. The van der Waals surface area contributed by atoms with Crippen LogP contribution < -0.4 is 0 Å². The number of nitrogens with zero attached hydrogens (tertiary/aromatic N) is 6. The highest BCUT2D eigenvalue weighted by molar-refractivity contribution is 5.27. The van der Waals surface area contributed by atoms with Crippen LogP contribution in [0.25, 0.3) is 0 Å². The van der Waals surface area contributed by atoms with Crippen molar-refractivity contribution in [1.82, 2.24) is 29.2 Å². The number of piperidine rings is 1. The fourth-order valence-corrected chi connectivity index (χ4v) is 3.89. The molecule has 1 aromatic carbocycles. The fraction of sp³-hybridized carbons (Fsp3) is 0.450. The smallest absolute Gasteiger partial charge is 0.152 e. The molecule has 0 spiro atoms. The van der Waals surface area contributed by atoms with Gasteiger partial charge in [0, 0.05) is 38.4 Å². The van der Waals surface area contributed by atoms with E-state index < -0.39 is 0 Å². The van der Waals surface area contributed by atoms with E-state index in [-0.39, 0.29) is 5.82 Å². The summed E-state index contributed by atoms with van der Waals surface area (Å²) < 4.78 is 17.9. The van der Waals surface area contributed by atoms with Crippen molar-refractivity contribution in [3.8, 4) is 0 Å². The van der Waals surface area contributed by atoms with E-state index in [1.54, 1.807) is 18.6 Å². The number of benzene rings is 1. The lowest BCUT2D eigenvalue weighted by Crippen LogP contribution is -2.35. The van der Waals surface area contributed by atoms with Gasteiger partial charge in [-0.2, -0.15) is 0 Å². The van der Waals surface area contributed by atoms with Gasteiger partial charge in [0.05, 0.1) is 12.9 Å². The Morgan fingerprint density at radius 2 is 2.11 bits per heavy atom. The minimum Gasteiger partial charge on any atom is -0.330 e. The van der Waals surface area contributed by atoms with Gasteiger partial charge in [-0.25, -0.2) is 9.37 Å². The number of hydrogen-bond acceptors (Lipinski definition) is 4. The molecule has 0 N–H and O–H groups in total. The maximum Gasteiger partial charge on any atom is 0.152 e. The van der Waals surface area contributed by atoms with Gasteiger partial charge >= 0.3 is 0 Å². The van der Waals surface area contributed by atoms with Crippen LogP contribution in [0.3, 0.4) is 0 Å². The fourth-order valence-electron chi connectivity index (χ4n) is 3.89. The zero-order valence-corrected chi connectivity index (χ0v) is 15.8. The van der Waals surface area contributed by atoms with E-state index in [1.807, 2.05) is 30.8 Å². The molecule has 0 unspecified atom stereocenters. The van der Waals surface area contributed by atoms with Gasteiger partial charge in [0.2, 0.25) is 0 Å². The van der Waals surface area contributed by atoms with E-state index in [4.69, 9.17) is 0 Å². The first-order chi connectivity index (χ1) is 13.1. The molecule has 0 aliphatic carbocycles. The van der Waals surface area contributed by atoms with E-state index in [0.717, 1.165) is 55.3 Å². The lowest BCUT2D eigenvalue weighted by molar-refractivity contribution is 0.194. The molecule has 3 aromatic rings. The van der Waals surface area contributed by atoms with Crippen molar-refractivity contribution in [3.05, 3.63) is 65.5 Å². The molecule has 0 amide bonds. The summed E-state index contributed by atoms with van der Waals surface area (Å²) in [5.41, 5.74) is 1.82. The molecule has 0 saturated carbocycles. The van der Waals surface area contributed by atoms with E-state index in [1.165, 1.54) is 6.07 Å². The molecule has 142 valence electrons. The first-order valence-electron chi connectivity index (χ1n) is 9.42. The summed E-state index contributed by atoms with van der Waals surface area (Å²) in [4.78, 5) is 6.48. The van der Waals surface area contributed by atoms with Crippen LogP contribution in [0.5, 0.6) is 0 Å². The van der Waals surface area contributed by atoms with Gasteiger partial charge < -0.3 is 9.13 Å². The maximum atomic E-state index is 13.8. The number of rotatable bonds is 5. The Morgan fingerprint density at radius 1 is 1.22 bits per heavy atom. The first-order valence-corrected chi connectivity index (χ1v) is 9.42. The van der Waals surface area contributed by atoms with Gasteiger partial charge in [0.15, 0.2) is 5.82 Å². The zero-order valence-electron chi connectivity index (χ0n) is 15.8. The number of aromatic nitrogens is 5.